The maximum Gasteiger partial charge on any atom is 0.175 e. The molecule has 1 N–H and O–H groups in total. The molecule has 0 unspecified atom stereocenters. The third kappa shape index (κ3) is 1.69. The molecule has 0 aliphatic rings. The van der Waals surface area contributed by atoms with Crippen molar-refractivity contribution in [1.82, 2.24) is 8.94 Å². The number of H-pyrrole nitrogens is 1. The predicted octanol–water partition coefficient (Wildman–Crippen LogP) is 2.42. The maximum absolute atomic E-state index is 11.5. The largest absolute Gasteiger partial charge is 0.301 e. The minimum absolute atomic E-state index is 0.354. The number of benzene rings is 1. The van der Waals surface area contributed by atoms with Crippen molar-refractivity contribution in [1.29, 1.82) is 0 Å². The van der Waals surface area contributed by atoms with E-state index in [1.807, 2.05) is 28.3 Å². The van der Waals surface area contributed by atoms with Crippen molar-refractivity contribution in [3.63, 3.8) is 0 Å². The summed E-state index contributed by atoms with van der Waals surface area (Å²) in [6.45, 7) is 0. The molecule has 3 aromatic rings. The van der Waals surface area contributed by atoms with E-state index in [0.29, 0.717) is 4.90 Å². The molecule has 0 saturated carbocycles. The van der Waals surface area contributed by atoms with Gasteiger partial charge >= 0.3 is 0 Å². The first-order chi connectivity index (χ1) is 8.05. The second kappa shape index (κ2) is 3.48. The van der Waals surface area contributed by atoms with Gasteiger partial charge in [0.15, 0.2) is 9.84 Å². The molecule has 6 heteroatoms. The fourth-order valence-corrected chi connectivity index (χ4v) is 2.87. The summed E-state index contributed by atoms with van der Waals surface area (Å²) < 4.78 is 28.0. The standard InChI is InChI=1S/C11H10N2O2S2/c1-17(14,15)9-2-3-10-8(6-9)4-5-13(10)11-7-16-12-11/h2-7,12H,1H3. The Morgan fingerprint density at radius 3 is 2.65 bits per heavy atom. The summed E-state index contributed by atoms with van der Waals surface area (Å²) in [5, 5.41) is 2.93. The highest BCUT2D eigenvalue weighted by atomic mass is 32.2. The molecule has 0 bridgehead atoms. The van der Waals surface area contributed by atoms with E-state index in [1.165, 1.54) is 17.8 Å². The van der Waals surface area contributed by atoms with Crippen LogP contribution in [-0.4, -0.2) is 23.6 Å². The van der Waals surface area contributed by atoms with E-state index in [2.05, 4.69) is 4.37 Å². The van der Waals surface area contributed by atoms with Crippen LogP contribution >= 0.6 is 11.5 Å². The van der Waals surface area contributed by atoms with Gasteiger partial charge < -0.3 is 4.57 Å². The number of sulfone groups is 1. The molecule has 4 nitrogen and oxygen atoms in total. The normalized spacial score (nSPS) is 12.3. The van der Waals surface area contributed by atoms with Crippen molar-refractivity contribution < 1.29 is 8.42 Å². The Hall–Kier alpha value is -1.53. The molecule has 0 radical (unpaired) electrons. The van der Waals surface area contributed by atoms with Gasteiger partial charge in [0.1, 0.15) is 5.82 Å². The molecular weight excluding hydrogens is 256 g/mol. The van der Waals surface area contributed by atoms with Crippen molar-refractivity contribution in [2.75, 3.05) is 6.26 Å². The Balaban J connectivity index is 2.23. The summed E-state index contributed by atoms with van der Waals surface area (Å²) in [5.74, 6) is 1.01. The molecule has 17 heavy (non-hydrogen) atoms. The molecule has 0 aliphatic carbocycles. The van der Waals surface area contributed by atoms with Crippen LogP contribution in [0.4, 0.5) is 0 Å². The van der Waals surface area contributed by atoms with E-state index >= 15 is 0 Å². The van der Waals surface area contributed by atoms with Gasteiger partial charge in [-0.05, 0) is 24.3 Å². The van der Waals surface area contributed by atoms with Gasteiger partial charge in [-0.3, -0.25) is 4.37 Å². The van der Waals surface area contributed by atoms with E-state index in [9.17, 15) is 8.42 Å². The zero-order valence-corrected chi connectivity index (χ0v) is 10.7. The second-order valence-corrected chi connectivity index (χ2v) is 6.59. The first-order valence-corrected chi connectivity index (χ1v) is 7.76. The summed E-state index contributed by atoms with van der Waals surface area (Å²) >= 11 is 1.53. The molecular formula is C11H10N2O2S2. The van der Waals surface area contributed by atoms with E-state index in [1.54, 1.807) is 12.1 Å². The average Bonchev–Trinajstić information content (AvgIpc) is 2.57. The molecule has 3 rings (SSSR count). The molecule has 88 valence electrons. The lowest BCUT2D eigenvalue weighted by Gasteiger charge is -2.07. The number of hydrogen-bond donors (Lipinski definition) is 1. The van der Waals surface area contributed by atoms with Crippen LogP contribution in [0.5, 0.6) is 0 Å². The molecule has 0 saturated heterocycles. The molecule has 0 spiro atoms. The number of fused-ring (bicyclic) bond motifs is 1. The zero-order chi connectivity index (χ0) is 12.0. The lowest BCUT2D eigenvalue weighted by atomic mass is 10.2. The third-order valence-electron chi connectivity index (χ3n) is 2.68. The summed E-state index contributed by atoms with van der Waals surface area (Å²) in [7, 11) is -3.14. The average molecular weight is 266 g/mol. The second-order valence-electron chi connectivity index (χ2n) is 3.90. The highest BCUT2D eigenvalue weighted by Crippen LogP contribution is 2.24. The van der Waals surface area contributed by atoms with E-state index in [4.69, 9.17) is 0 Å². The fraction of sp³-hybridized carbons (Fsp3) is 0.0909. The van der Waals surface area contributed by atoms with Crippen LogP contribution in [0.2, 0.25) is 0 Å². The van der Waals surface area contributed by atoms with Crippen LogP contribution in [0.3, 0.4) is 0 Å². The molecule has 0 aliphatic heterocycles. The Morgan fingerprint density at radius 2 is 2.06 bits per heavy atom. The topological polar surface area (TPSA) is 54.9 Å². The number of aromatic nitrogens is 2. The number of rotatable bonds is 2. The van der Waals surface area contributed by atoms with Crippen molar-refractivity contribution in [3.05, 3.63) is 35.8 Å². The first kappa shape index (κ1) is 10.6. The van der Waals surface area contributed by atoms with E-state index in [0.717, 1.165) is 16.7 Å². The molecule has 0 fully saturated rings. The number of hydrogen-bond acceptors (Lipinski definition) is 3. The molecule has 1 aromatic carbocycles. The first-order valence-electron chi connectivity index (χ1n) is 4.99. The Labute approximate surface area is 103 Å². The van der Waals surface area contributed by atoms with Crippen LogP contribution in [0.1, 0.15) is 0 Å². The Kier molecular flexibility index (Phi) is 2.17. The van der Waals surface area contributed by atoms with Crippen LogP contribution in [0, 0.1) is 0 Å². The molecule has 0 atom stereocenters. The van der Waals surface area contributed by atoms with Crippen molar-refractivity contribution >= 4 is 32.3 Å². The number of nitrogens with one attached hydrogen (secondary N) is 1. The van der Waals surface area contributed by atoms with Gasteiger partial charge in [-0.15, -0.1) is 0 Å². The third-order valence-corrected chi connectivity index (χ3v) is 4.46. The highest BCUT2D eigenvalue weighted by molar-refractivity contribution is 7.90. The van der Waals surface area contributed by atoms with Crippen LogP contribution in [0.15, 0.2) is 40.7 Å². The highest BCUT2D eigenvalue weighted by Gasteiger charge is 2.10. The lowest BCUT2D eigenvalue weighted by molar-refractivity contribution is 0.602. The smallest absolute Gasteiger partial charge is 0.175 e. The van der Waals surface area contributed by atoms with Crippen LogP contribution in [-0.2, 0) is 9.84 Å². The quantitative estimate of drug-likeness (QED) is 0.774. The minimum Gasteiger partial charge on any atom is -0.301 e. The maximum atomic E-state index is 11.5. The molecule has 0 amide bonds. The van der Waals surface area contributed by atoms with Gasteiger partial charge in [0.05, 0.1) is 15.8 Å². The fourth-order valence-electron chi connectivity index (χ4n) is 1.78. The monoisotopic (exact) mass is 266 g/mol. The SMILES string of the molecule is CS(=O)(=O)c1ccc2c(ccn2-c2cs[nH]2)c1. The summed E-state index contributed by atoms with van der Waals surface area (Å²) in [6, 6.07) is 7.08. The van der Waals surface area contributed by atoms with E-state index < -0.39 is 9.84 Å². The van der Waals surface area contributed by atoms with Gasteiger partial charge in [-0.25, -0.2) is 8.42 Å². The van der Waals surface area contributed by atoms with Gasteiger partial charge in [0, 0.05) is 17.8 Å². The van der Waals surface area contributed by atoms with Gasteiger partial charge in [0.25, 0.3) is 0 Å². The predicted molar refractivity (Wildman–Crippen MR) is 68.6 cm³/mol. The van der Waals surface area contributed by atoms with Crippen LogP contribution in [0.25, 0.3) is 16.7 Å². The van der Waals surface area contributed by atoms with E-state index in [-0.39, 0.29) is 0 Å². The molecule has 2 heterocycles. The van der Waals surface area contributed by atoms with Crippen LogP contribution < -0.4 is 0 Å². The van der Waals surface area contributed by atoms with Gasteiger partial charge in [0.2, 0.25) is 0 Å². The van der Waals surface area contributed by atoms with Crippen molar-refractivity contribution in [2.24, 2.45) is 0 Å². The zero-order valence-electron chi connectivity index (χ0n) is 9.04. The summed E-state index contributed by atoms with van der Waals surface area (Å²) in [6.07, 6.45) is 3.15. The number of nitrogens with zero attached hydrogens (tertiary/aromatic N) is 1. The summed E-state index contributed by atoms with van der Waals surface area (Å²) in [4.78, 5) is 0.354. The van der Waals surface area contributed by atoms with Crippen molar-refractivity contribution in [3.8, 4) is 5.82 Å². The van der Waals surface area contributed by atoms with Crippen molar-refractivity contribution in [2.45, 2.75) is 4.90 Å². The molecule has 2 aromatic heterocycles. The van der Waals surface area contributed by atoms with Gasteiger partial charge in [-0.1, -0.05) is 11.5 Å². The minimum atomic E-state index is -3.14. The lowest BCUT2D eigenvalue weighted by Crippen LogP contribution is -1.98. The number of aromatic amines is 1. The summed E-state index contributed by atoms with van der Waals surface area (Å²) in [5.41, 5.74) is 0.997. The Bertz CT molecular complexity index is 768. The van der Waals surface area contributed by atoms with Gasteiger partial charge in [-0.2, -0.15) is 0 Å². The Morgan fingerprint density at radius 1 is 1.29 bits per heavy atom.